The molecule has 0 aliphatic carbocycles. The maximum atomic E-state index is 10.9. The van der Waals surface area contributed by atoms with E-state index in [-0.39, 0.29) is 17.0 Å². The lowest BCUT2D eigenvalue weighted by atomic mass is 10.1. The maximum Gasteiger partial charge on any atom is 0.132 e. The van der Waals surface area contributed by atoms with Crippen LogP contribution in [0.4, 0.5) is 0 Å². The fraction of sp³-hybridized carbons (Fsp3) is 0.909. The Morgan fingerprint density at radius 2 is 1.46 bits per heavy atom. The molecule has 1 nitrogen and oxygen atoms in total. The lowest BCUT2D eigenvalue weighted by Crippen LogP contribution is -1.93. The Morgan fingerprint density at radius 1 is 0.923 bits per heavy atom. The summed E-state index contributed by atoms with van der Waals surface area (Å²) in [5.41, 5.74) is 0. The third-order valence-corrected chi connectivity index (χ3v) is 2.20. The van der Waals surface area contributed by atoms with Gasteiger partial charge < -0.3 is 0 Å². The van der Waals surface area contributed by atoms with Crippen molar-refractivity contribution in [2.45, 2.75) is 65.2 Å². The van der Waals surface area contributed by atoms with E-state index in [0.29, 0.717) is 5.78 Å². The average Bonchev–Trinajstić information content (AvgIpc) is 2.10. The van der Waals surface area contributed by atoms with Crippen molar-refractivity contribution in [2.24, 2.45) is 0 Å². The van der Waals surface area contributed by atoms with Gasteiger partial charge in [-0.2, -0.15) is 0 Å². The average molecular weight is 251 g/mol. The first-order valence-corrected chi connectivity index (χ1v) is 5.33. The van der Waals surface area contributed by atoms with Crippen LogP contribution in [0.25, 0.3) is 0 Å². The van der Waals surface area contributed by atoms with Gasteiger partial charge in [0.1, 0.15) is 5.78 Å². The molecule has 0 aromatic carbocycles. The molecule has 0 aliphatic heterocycles. The highest BCUT2D eigenvalue weighted by Gasteiger charge is 1.96. The number of carbonyl (C=O) groups excluding carboxylic acids is 1. The van der Waals surface area contributed by atoms with Crippen molar-refractivity contribution in [1.82, 2.24) is 0 Å². The van der Waals surface area contributed by atoms with Gasteiger partial charge in [-0.1, -0.05) is 46.0 Å². The van der Waals surface area contributed by atoms with Gasteiger partial charge in [0.05, 0.1) is 0 Å². The standard InChI is InChI=1S/C11H22O.BrH/c1-3-5-6-7-8-9-10-11(12)4-2;/h3-10H2,1-2H3;1H. The Bertz CT molecular complexity index is 113. The van der Waals surface area contributed by atoms with Crippen molar-refractivity contribution in [3.63, 3.8) is 0 Å². The molecule has 0 bridgehead atoms. The van der Waals surface area contributed by atoms with Crippen LogP contribution in [0.2, 0.25) is 0 Å². The van der Waals surface area contributed by atoms with Crippen molar-refractivity contribution < 1.29 is 4.79 Å². The smallest absolute Gasteiger partial charge is 0.132 e. The highest BCUT2D eigenvalue weighted by Crippen LogP contribution is 2.07. The van der Waals surface area contributed by atoms with E-state index in [1.807, 2.05) is 6.92 Å². The summed E-state index contributed by atoms with van der Waals surface area (Å²) in [6.45, 7) is 4.17. The molecule has 0 spiro atoms. The summed E-state index contributed by atoms with van der Waals surface area (Å²) in [5.74, 6) is 0.422. The summed E-state index contributed by atoms with van der Waals surface area (Å²) in [6.07, 6.45) is 9.18. The van der Waals surface area contributed by atoms with E-state index in [1.165, 1.54) is 32.1 Å². The molecule has 0 fully saturated rings. The van der Waals surface area contributed by atoms with Gasteiger partial charge in [-0.25, -0.2) is 0 Å². The minimum atomic E-state index is 0. The van der Waals surface area contributed by atoms with Crippen LogP contribution in [-0.2, 0) is 4.79 Å². The molecule has 0 aromatic heterocycles. The highest BCUT2D eigenvalue weighted by molar-refractivity contribution is 8.93. The summed E-state index contributed by atoms with van der Waals surface area (Å²) in [5, 5.41) is 0. The predicted octanol–water partition coefficient (Wildman–Crippen LogP) is 4.29. The number of hydrogen-bond donors (Lipinski definition) is 0. The molecule has 0 aliphatic rings. The highest BCUT2D eigenvalue weighted by atomic mass is 79.9. The molecule has 0 rings (SSSR count). The maximum absolute atomic E-state index is 10.9. The van der Waals surface area contributed by atoms with Crippen LogP contribution < -0.4 is 0 Å². The molecular weight excluding hydrogens is 228 g/mol. The number of ketones is 1. The van der Waals surface area contributed by atoms with E-state index >= 15 is 0 Å². The van der Waals surface area contributed by atoms with Crippen LogP contribution in [0.5, 0.6) is 0 Å². The molecule has 0 atom stereocenters. The molecule has 0 N–H and O–H groups in total. The van der Waals surface area contributed by atoms with E-state index in [4.69, 9.17) is 0 Å². The molecule has 80 valence electrons. The van der Waals surface area contributed by atoms with Crippen molar-refractivity contribution in [2.75, 3.05) is 0 Å². The molecule has 0 saturated heterocycles. The van der Waals surface area contributed by atoms with Gasteiger partial charge in [0, 0.05) is 12.8 Å². The second kappa shape index (κ2) is 12.2. The van der Waals surface area contributed by atoms with Crippen LogP contribution in [0.1, 0.15) is 65.2 Å². The second-order valence-electron chi connectivity index (χ2n) is 3.41. The largest absolute Gasteiger partial charge is 0.300 e. The first-order chi connectivity index (χ1) is 5.81. The SMILES string of the molecule is Br.CCCCCCCCC(=O)CC. The number of Topliss-reactive ketones (excluding diaryl/α,β-unsaturated/α-hetero) is 1. The predicted molar refractivity (Wildman–Crippen MR) is 63.6 cm³/mol. The zero-order valence-corrected chi connectivity index (χ0v) is 10.7. The van der Waals surface area contributed by atoms with Gasteiger partial charge in [-0.05, 0) is 6.42 Å². The Morgan fingerprint density at radius 3 is 2.00 bits per heavy atom. The summed E-state index contributed by atoms with van der Waals surface area (Å²) < 4.78 is 0. The number of hydrogen-bond acceptors (Lipinski definition) is 1. The minimum absolute atomic E-state index is 0. The first-order valence-electron chi connectivity index (χ1n) is 5.33. The Labute approximate surface area is 93.1 Å². The molecule has 0 heterocycles. The fourth-order valence-corrected chi connectivity index (χ4v) is 1.28. The third-order valence-electron chi connectivity index (χ3n) is 2.20. The van der Waals surface area contributed by atoms with Crippen LogP contribution in [0.3, 0.4) is 0 Å². The van der Waals surface area contributed by atoms with Gasteiger partial charge >= 0.3 is 0 Å². The third kappa shape index (κ3) is 12.1. The summed E-state index contributed by atoms with van der Waals surface area (Å²) in [6, 6.07) is 0. The molecule has 13 heavy (non-hydrogen) atoms. The summed E-state index contributed by atoms with van der Waals surface area (Å²) >= 11 is 0. The molecule has 0 radical (unpaired) electrons. The number of unbranched alkanes of at least 4 members (excludes halogenated alkanes) is 5. The van der Waals surface area contributed by atoms with Crippen molar-refractivity contribution in [3.05, 3.63) is 0 Å². The van der Waals surface area contributed by atoms with E-state index in [0.717, 1.165) is 19.3 Å². The molecule has 0 amide bonds. The molecule has 0 aromatic rings. The lowest BCUT2D eigenvalue weighted by Gasteiger charge is -1.98. The quantitative estimate of drug-likeness (QED) is 0.588. The van der Waals surface area contributed by atoms with Gasteiger partial charge in [-0.3, -0.25) is 4.79 Å². The Hall–Kier alpha value is 0.150. The number of halogens is 1. The van der Waals surface area contributed by atoms with Gasteiger partial charge in [0.25, 0.3) is 0 Å². The zero-order valence-electron chi connectivity index (χ0n) is 8.97. The molecule has 2 heteroatoms. The van der Waals surface area contributed by atoms with E-state index in [2.05, 4.69) is 6.92 Å². The van der Waals surface area contributed by atoms with Crippen molar-refractivity contribution >= 4 is 22.8 Å². The molecule has 0 unspecified atom stereocenters. The monoisotopic (exact) mass is 250 g/mol. The topological polar surface area (TPSA) is 17.1 Å². The Kier molecular flexibility index (Phi) is 14.6. The van der Waals surface area contributed by atoms with E-state index in [1.54, 1.807) is 0 Å². The van der Waals surface area contributed by atoms with Gasteiger partial charge in [0.2, 0.25) is 0 Å². The van der Waals surface area contributed by atoms with Gasteiger partial charge in [0.15, 0.2) is 0 Å². The number of rotatable bonds is 8. The summed E-state index contributed by atoms with van der Waals surface area (Å²) in [4.78, 5) is 10.9. The summed E-state index contributed by atoms with van der Waals surface area (Å²) in [7, 11) is 0. The van der Waals surface area contributed by atoms with Crippen LogP contribution >= 0.6 is 17.0 Å². The van der Waals surface area contributed by atoms with E-state index < -0.39 is 0 Å². The van der Waals surface area contributed by atoms with Crippen LogP contribution in [0, 0.1) is 0 Å². The Balaban J connectivity index is 0. The second-order valence-corrected chi connectivity index (χ2v) is 3.41. The zero-order chi connectivity index (χ0) is 9.23. The lowest BCUT2D eigenvalue weighted by molar-refractivity contribution is -0.118. The fourth-order valence-electron chi connectivity index (χ4n) is 1.28. The normalized spacial score (nSPS) is 9.38. The first kappa shape index (κ1) is 15.6. The number of carbonyl (C=O) groups is 1. The minimum Gasteiger partial charge on any atom is -0.300 e. The van der Waals surface area contributed by atoms with Crippen LogP contribution in [0.15, 0.2) is 0 Å². The van der Waals surface area contributed by atoms with E-state index in [9.17, 15) is 4.79 Å². The van der Waals surface area contributed by atoms with Gasteiger partial charge in [-0.15, -0.1) is 17.0 Å². The van der Waals surface area contributed by atoms with Crippen LogP contribution in [-0.4, -0.2) is 5.78 Å². The molecular formula is C11H23BrO. The van der Waals surface area contributed by atoms with Crippen molar-refractivity contribution in [3.8, 4) is 0 Å². The molecule has 0 saturated carbocycles. The van der Waals surface area contributed by atoms with Crippen molar-refractivity contribution in [1.29, 1.82) is 0 Å².